The van der Waals surface area contributed by atoms with Gasteiger partial charge in [-0.25, -0.2) is 0 Å². The highest BCUT2D eigenvalue weighted by molar-refractivity contribution is 6.18. The van der Waals surface area contributed by atoms with Crippen molar-refractivity contribution in [2.24, 2.45) is 7.05 Å². The summed E-state index contributed by atoms with van der Waals surface area (Å²) in [5.74, 6) is 1.25. The van der Waals surface area contributed by atoms with Gasteiger partial charge in [-0.15, -0.1) is 11.6 Å². The molecule has 0 bridgehead atoms. The van der Waals surface area contributed by atoms with Gasteiger partial charge in [0.15, 0.2) is 0 Å². The third kappa shape index (κ3) is 2.49. The quantitative estimate of drug-likeness (QED) is 0.680. The number of hydrogen-bond donors (Lipinski definition) is 0. The summed E-state index contributed by atoms with van der Waals surface area (Å²) in [6.45, 7) is 0.447. The summed E-state index contributed by atoms with van der Waals surface area (Å²) in [6, 6.07) is 14.2. The molecule has 0 aliphatic carbocycles. The van der Waals surface area contributed by atoms with Crippen LogP contribution in [0.5, 0.6) is 5.75 Å². The van der Waals surface area contributed by atoms with Gasteiger partial charge in [-0.05, 0) is 22.9 Å². The molecule has 3 aromatic rings. The van der Waals surface area contributed by atoms with Crippen LogP contribution in [0.3, 0.4) is 0 Å². The molecule has 0 amide bonds. The lowest BCUT2D eigenvalue weighted by Gasteiger charge is -2.11. The minimum Gasteiger partial charge on any atom is -0.487 e. The number of nitrogens with zero attached hydrogens (tertiary/aromatic N) is 2. The van der Waals surface area contributed by atoms with Gasteiger partial charge in [0.05, 0.1) is 11.6 Å². The second kappa shape index (κ2) is 5.55. The Morgan fingerprint density at radius 1 is 1.15 bits per heavy atom. The Labute approximate surface area is 122 Å². The van der Waals surface area contributed by atoms with Crippen molar-refractivity contribution in [2.75, 3.05) is 0 Å². The molecule has 0 aliphatic heterocycles. The zero-order chi connectivity index (χ0) is 13.9. The minimum absolute atomic E-state index is 0.429. The van der Waals surface area contributed by atoms with Crippen LogP contribution >= 0.6 is 11.6 Å². The Balaban J connectivity index is 1.91. The third-order valence-electron chi connectivity index (χ3n) is 3.28. The molecule has 20 heavy (non-hydrogen) atoms. The molecule has 2 aromatic carbocycles. The van der Waals surface area contributed by atoms with Crippen LogP contribution in [0, 0.1) is 0 Å². The van der Waals surface area contributed by atoms with Crippen molar-refractivity contribution in [3.8, 4) is 5.75 Å². The van der Waals surface area contributed by atoms with Crippen molar-refractivity contribution in [3.05, 3.63) is 59.9 Å². The van der Waals surface area contributed by atoms with Gasteiger partial charge in [0.2, 0.25) is 0 Å². The first kappa shape index (κ1) is 13.0. The standard InChI is InChI=1S/C16H15ClN2O/c1-19-9-8-13(18-19)11-20-16-7-6-12-4-2-3-5-14(12)15(16)10-17/h2-9H,10-11H2,1H3. The Bertz CT molecular complexity index is 736. The molecule has 1 heterocycles. The SMILES string of the molecule is Cn1ccc(COc2ccc3ccccc3c2CCl)n1. The van der Waals surface area contributed by atoms with Crippen LogP contribution in [-0.4, -0.2) is 9.78 Å². The lowest BCUT2D eigenvalue weighted by Crippen LogP contribution is -2.00. The van der Waals surface area contributed by atoms with E-state index in [0.29, 0.717) is 12.5 Å². The molecular formula is C16H15ClN2O. The predicted molar refractivity (Wildman–Crippen MR) is 81.0 cm³/mol. The van der Waals surface area contributed by atoms with E-state index in [1.165, 1.54) is 5.39 Å². The topological polar surface area (TPSA) is 27.1 Å². The molecule has 3 rings (SSSR count). The normalized spacial score (nSPS) is 10.9. The predicted octanol–water partition coefficient (Wildman–Crippen LogP) is 3.89. The lowest BCUT2D eigenvalue weighted by atomic mass is 10.0. The average Bonchev–Trinajstić information content (AvgIpc) is 2.90. The van der Waals surface area contributed by atoms with Gasteiger partial charge in [0.25, 0.3) is 0 Å². The van der Waals surface area contributed by atoms with E-state index in [2.05, 4.69) is 23.3 Å². The van der Waals surface area contributed by atoms with Gasteiger partial charge in [-0.2, -0.15) is 5.10 Å². The smallest absolute Gasteiger partial charge is 0.132 e. The highest BCUT2D eigenvalue weighted by Crippen LogP contribution is 2.29. The molecular weight excluding hydrogens is 272 g/mol. The van der Waals surface area contributed by atoms with E-state index in [9.17, 15) is 0 Å². The molecule has 0 unspecified atom stereocenters. The van der Waals surface area contributed by atoms with Crippen LogP contribution in [-0.2, 0) is 19.5 Å². The molecule has 0 saturated heterocycles. The van der Waals surface area contributed by atoms with Gasteiger partial charge >= 0.3 is 0 Å². The lowest BCUT2D eigenvalue weighted by molar-refractivity contribution is 0.298. The zero-order valence-electron chi connectivity index (χ0n) is 11.2. The first-order chi connectivity index (χ1) is 9.78. The van der Waals surface area contributed by atoms with E-state index in [-0.39, 0.29) is 0 Å². The van der Waals surface area contributed by atoms with Gasteiger partial charge < -0.3 is 4.74 Å². The number of aryl methyl sites for hydroxylation is 1. The molecule has 3 nitrogen and oxygen atoms in total. The maximum atomic E-state index is 6.10. The molecule has 0 N–H and O–H groups in total. The summed E-state index contributed by atoms with van der Waals surface area (Å²) in [6.07, 6.45) is 1.90. The monoisotopic (exact) mass is 286 g/mol. The van der Waals surface area contributed by atoms with Crippen LogP contribution in [0.15, 0.2) is 48.7 Å². The number of fused-ring (bicyclic) bond motifs is 1. The van der Waals surface area contributed by atoms with E-state index < -0.39 is 0 Å². The molecule has 0 radical (unpaired) electrons. The zero-order valence-corrected chi connectivity index (χ0v) is 12.0. The molecule has 4 heteroatoms. The van der Waals surface area contributed by atoms with E-state index in [0.717, 1.165) is 22.4 Å². The van der Waals surface area contributed by atoms with Crippen molar-refractivity contribution in [1.82, 2.24) is 9.78 Å². The molecule has 0 aliphatic rings. The highest BCUT2D eigenvalue weighted by Gasteiger charge is 2.08. The number of aromatic nitrogens is 2. The minimum atomic E-state index is 0.429. The van der Waals surface area contributed by atoms with Gasteiger partial charge in [-0.1, -0.05) is 30.3 Å². The highest BCUT2D eigenvalue weighted by atomic mass is 35.5. The molecule has 1 aromatic heterocycles. The van der Waals surface area contributed by atoms with Crippen molar-refractivity contribution >= 4 is 22.4 Å². The summed E-state index contributed by atoms with van der Waals surface area (Å²) in [7, 11) is 1.89. The van der Waals surface area contributed by atoms with E-state index >= 15 is 0 Å². The van der Waals surface area contributed by atoms with E-state index in [1.54, 1.807) is 4.68 Å². The third-order valence-corrected chi connectivity index (χ3v) is 3.54. The summed E-state index contributed by atoms with van der Waals surface area (Å²) >= 11 is 6.10. The Morgan fingerprint density at radius 3 is 2.75 bits per heavy atom. The molecule has 102 valence electrons. The van der Waals surface area contributed by atoms with Crippen LogP contribution < -0.4 is 4.74 Å². The van der Waals surface area contributed by atoms with Crippen molar-refractivity contribution in [2.45, 2.75) is 12.5 Å². The maximum absolute atomic E-state index is 6.10. The summed E-state index contributed by atoms with van der Waals surface area (Å²) < 4.78 is 7.64. The van der Waals surface area contributed by atoms with Crippen molar-refractivity contribution < 1.29 is 4.74 Å². The van der Waals surface area contributed by atoms with E-state index in [4.69, 9.17) is 16.3 Å². The fraction of sp³-hybridized carbons (Fsp3) is 0.188. The Kier molecular flexibility index (Phi) is 3.61. The summed E-state index contributed by atoms with van der Waals surface area (Å²) in [5, 5.41) is 6.62. The van der Waals surface area contributed by atoms with Crippen LogP contribution in [0.25, 0.3) is 10.8 Å². The Morgan fingerprint density at radius 2 is 2.00 bits per heavy atom. The number of ether oxygens (including phenoxy) is 1. The molecule has 0 spiro atoms. The average molecular weight is 287 g/mol. The molecule has 0 saturated carbocycles. The van der Waals surface area contributed by atoms with Crippen molar-refractivity contribution in [3.63, 3.8) is 0 Å². The summed E-state index contributed by atoms with van der Waals surface area (Å²) in [5.41, 5.74) is 1.93. The molecule has 0 fully saturated rings. The first-order valence-corrected chi connectivity index (χ1v) is 6.99. The van der Waals surface area contributed by atoms with Gasteiger partial charge in [-0.3, -0.25) is 4.68 Å². The second-order valence-electron chi connectivity index (χ2n) is 4.67. The maximum Gasteiger partial charge on any atom is 0.132 e. The van der Waals surface area contributed by atoms with Crippen molar-refractivity contribution in [1.29, 1.82) is 0 Å². The first-order valence-electron chi connectivity index (χ1n) is 6.46. The number of alkyl halides is 1. The van der Waals surface area contributed by atoms with Gasteiger partial charge in [0.1, 0.15) is 12.4 Å². The van der Waals surface area contributed by atoms with Gasteiger partial charge in [0, 0.05) is 18.8 Å². The summed E-state index contributed by atoms with van der Waals surface area (Å²) in [4.78, 5) is 0. The van der Waals surface area contributed by atoms with Crippen LogP contribution in [0.1, 0.15) is 11.3 Å². The fourth-order valence-electron chi connectivity index (χ4n) is 2.28. The second-order valence-corrected chi connectivity index (χ2v) is 4.93. The van der Waals surface area contributed by atoms with E-state index in [1.807, 2.05) is 37.5 Å². The number of halogens is 1. The largest absolute Gasteiger partial charge is 0.487 e. The number of benzene rings is 2. The van der Waals surface area contributed by atoms with Crippen LogP contribution in [0.4, 0.5) is 0 Å². The number of hydrogen-bond acceptors (Lipinski definition) is 2. The number of rotatable bonds is 4. The molecule has 0 atom stereocenters. The van der Waals surface area contributed by atoms with Crippen LogP contribution in [0.2, 0.25) is 0 Å². The fourth-order valence-corrected chi connectivity index (χ4v) is 2.56. The Hall–Kier alpha value is -2.00.